The zero-order valence-electron chi connectivity index (χ0n) is 15.8. The second kappa shape index (κ2) is 8.04. The van der Waals surface area contributed by atoms with Gasteiger partial charge in [0, 0.05) is 36.6 Å². The Bertz CT molecular complexity index is 1210. The van der Waals surface area contributed by atoms with Gasteiger partial charge in [0.05, 0.1) is 22.1 Å². The van der Waals surface area contributed by atoms with Gasteiger partial charge in [0.2, 0.25) is 5.95 Å². The van der Waals surface area contributed by atoms with Crippen molar-refractivity contribution in [3.05, 3.63) is 53.3 Å². The van der Waals surface area contributed by atoms with Gasteiger partial charge < -0.3 is 4.90 Å². The molecule has 0 N–H and O–H groups in total. The minimum atomic E-state index is -4.46. The number of pyridine rings is 1. The summed E-state index contributed by atoms with van der Waals surface area (Å²) >= 11 is 6.29. The molecule has 0 saturated carbocycles. The summed E-state index contributed by atoms with van der Waals surface area (Å²) in [5.74, 6) is 0.165. The number of benzene rings is 1. The Hall–Kier alpha value is -2.79. The van der Waals surface area contributed by atoms with E-state index in [2.05, 4.69) is 20.2 Å². The Labute approximate surface area is 180 Å². The van der Waals surface area contributed by atoms with Crippen LogP contribution < -0.4 is 4.90 Å². The van der Waals surface area contributed by atoms with Gasteiger partial charge in [-0.3, -0.25) is 4.98 Å². The maximum Gasteiger partial charge on any atom is 0.416 e. The van der Waals surface area contributed by atoms with Gasteiger partial charge in [0.1, 0.15) is 11.4 Å². The van der Waals surface area contributed by atoms with Gasteiger partial charge in [-0.05, 0) is 18.2 Å². The van der Waals surface area contributed by atoms with Crippen LogP contribution in [0, 0.1) is 0 Å². The van der Waals surface area contributed by atoms with Crippen molar-refractivity contribution in [2.75, 3.05) is 29.5 Å². The van der Waals surface area contributed by atoms with E-state index in [0.29, 0.717) is 16.8 Å². The number of anilines is 1. The van der Waals surface area contributed by atoms with Crippen LogP contribution in [0.15, 0.2) is 42.7 Å². The summed E-state index contributed by atoms with van der Waals surface area (Å²) in [4.78, 5) is 10.2. The number of rotatable bonds is 3. The molecule has 0 aliphatic carbocycles. The molecule has 3 aromatic rings. The van der Waals surface area contributed by atoms with E-state index >= 15 is 0 Å². The molecule has 31 heavy (non-hydrogen) atoms. The summed E-state index contributed by atoms with van der Waals surface area (Å²) in [6.07, 6.45) is -1.53. The van der Waals surface area contributed by atoms with E-state index < -0.39 is 21.6 Å². The van der Waals surface area contributed by atoms with Gasteiger partial charge in [0.25, 0.3) is 0 Å². The highest BCUT2D eigenvalue weighted by molar-refractivity contribution is 7.91. The van der Waals surface area contributed by atoms with Crippen LogP contribution in [0.1, 0.15) is 5.56 Å². The first-order chi connectivity index (χ1) is 14.6. The van der Waals surface area contributed by atoms with Crippen LogP contribution in [-0.4, -0.2) is 53.2 Å². The summed E-state index contributed by atoms with van der Waals surface area (Å²) in [6.45, 7) is 0.431. The first-order valence-electron chi connectivity index (χ1n) is 9.12. The van der Waals surface area contributed by atoms with Crippen molar-refractivity contribution in [1.82, 2.24) is 20.2 Å². The van der Waals surface area contributed by atoms with Crippen LogP contribution in [0.4, 0.5) is 19.1 Å². The molecule has 4 rings (SSSR count). The average molecular weight is 470 g/mol. The molecule has 12 heteroatoms. The number of halogens is 4. The second-order valence-corrected chi connectivity index (χ2v) is 9.59. The second-order valence-electron chi connectivity index (χ2n) is 6.88. The third kappa shape index (κ3) is 4.62. The number of alkyl halides is 3. The zero-order chi connectivity index (χ0) is 22.2. The lowest BCUT2D eigenvalue weighted by Crippen LogP contribution is -2.41. The van der Waals surface area contributed by atoms with E-state index in [4.69, 9.17) is 11.6 Å². The predicted octanol–water partition coefficient (Wildman–Crippen LogP) is 3.51. The number of aromatic nitrogens is 4. The number of nitrogens with zero attached hydrogens (tertiary/aromatic N) is 5. The van der Waals surface area contributed by atoms with Crippen molar-refractivity contribution in [2.24, 2.45) is 0 Å². The number of sulfone groups is 1. The molecule has 0 atom stereocenters. The van der Waals surface area contributed by atoms with E-state index in [9.17, 15) is 21.6 Å². The SMILES string of the molecule is O=S1(=O)CCN(c2nnc(-c3ccc(C(F)(F)F)cc3)c(-c3ccncc3Cl)n2)CC1. The highest BCUT2D eigenvalue weighted by Gasteiger charge is 2.30. The van der Waals surface area contributed by atoms with Crippen molar-refractivity contribution in [1.29, 1.82) is 0 Å². The van der Waals surface area contributed by atoms with Gasteiger partial charge in [-0.2, -0.15) is 13.2 Å². The smallest absolute Gasteiger partial charge is 0.337 e. The maximum absolute atomic E-state index is 12.9. The fourth-order valence-electron chi connectivity index (χ4n) is 3.13. The van der Waals surface area contributed by atoms with E-state index in [1.54, 1.807) is 11.0 Å². The largest absolute Gasteiger partial charge is 0.416 e. The molecule has 7 nitrogen and oxygen atoms in total. The summed E-state index contributed by atoms with van der Waals surface area (Å²) in [6, 6.07) is 6.11. The fourth-order valence-corrected chi connectivity index (χ4v) is 4.54. The number of hydrogen-bond donors (Lipinski definition) is 0. The lowest BCUT2D eigenvalue weighted by Gasteiger charge is -2.26. The van der Waals surface area contributed by atoms with E-state index in [0.717, 1.165) is 12.1 Å². The molecule has 0 spiro atoms. The average Bonchev–Trinajstić information content (AvgIpc) is 2.73. The van der Waals surface area contributed by atoms with Gasteiger partial charge >= 0.3 is 6.18 Å². The quantitative estimate of drug-likeness (QED) is 0.580. The number of hydrogen-bond acceptors (Lipinski definition) is 7. The van der Waals surface area contributed by atoms with Crippen LogP contribution >= 0.6 is 11.6 Å². The molecule has 1 fully saturated rings. The summed E-state index contributed by atoms with van der Waals surface area (Å²) < 4.78 is 62.2. The van der Waals surface area contributed by atoms with Crippen molar-refractivity contribution in [3.63, 3.8) is 0 Å². The molecule has 0 amide bonds. The lowest BCUT2D eigenvalue weighted by molar-refractivity contribution is -0.137. The highest BCUT2D eigenvalue weighted by Crippen LogP contribution is 2.35. The lowest BCUT2D eigenvalue weighted by atomic mass is 10.0. The van der Waals surface area contributed by atoms with Crippen molar-refractivity contribution in [2.45, 2.75) is 6.18 Å². The van der Waals surface area contributed by atoms with Gasteiger partial charge in [0.15, 0.2) is 9.84 Å². The molecule has 0 unspecified atom stereocenters. The van der Waals surface area contributed by atoms with Crippen LogP contribution in [0.2, 0.25) is 5.02 Å². The molecule has 1 aromatic carbocycles. The first kappa shape index (κ1) is 21.4. The van der Waals surface area contributed by atoms with Crippen LogP contribution in [0.25, 0.3) is 22.5 Å². The van der Waals surface area contributed by atoms with Crippen molar-refractivity contribution in [3.8, 4) is 22.5 Å². The van der Waals surface area contributed by atoms with E-state index in [-0.39, 0.29) is 41.3 Å². The third-order valence-electron chi connectivity index (χ3n) is 4.82. The minimum absolute atomic E-state index is 0.0254. The standard InChI is InChI=1S/C19H15ClF3N5O2S/c20-15-11-24-6-5-14(15)17-16(12-1-3-13(4-2-12)19(21,22)23)26-27-18(25-17)28-7-9-31(29,30)10-8-28/h1-6,11H,7-10H2. The molecule has 2 aromatic heterocycles. The molecular weight excluding hydrogens is 455 g/mol. The maximum atomic E-state index is 12.9. The van der Waals surface area contributed by atoms with Gasteiger partial charge in [-0.15, -0.1) is 10.2 Å². The van der Waals surface area contributed by atoms with Crippen LogP contribution in [0.3, 0.4) is 0 Å². The topological polar surface area (TPSA) is 88.9 Å². The molecule has 1 aliphatic rings. The van der Waals surface area contributed by atoms with Crippen molar-refractivity contribution < 1.29 is 21.6 Å². The molecule has 1 saturated heterocycles. The molecular formula is C19H15ClF3N5O2S. The first-order valence-corrected chi connectivity index (χ1v) is 11.3. The highest BCUT2D eigenvalue weighted by atomic mass is 35.5. The molecule has 1 aliphatic heterocycles. The van der Waals surface area contributed by atoms with Crippen molar-refractivity contribution >= 4 is 27.4 Å². The molecule has 0 bridgehead atoms. The monoisotopic (exact) mass is 469 g/mol. The predicted molar refractivity (Wildman–Crippen MR) is 109 cm³/mol. The van der Waals surface area contributed by atoms with Crippen LogP contribution in [-0.2, 0) is 16.0 Å². The van der Waals surface area contributed by atoms with Crippen LogP contribution in [0.5, 0.6) is 0 Å². The van der Waals surface area contributed by atoms with Gasteiger partial charge in [-0.25, -0.2) is 13.4 Å². The van der Waals surface area contributed by atoms with E-state index in [1.165, 1.54) is 24.5 Å². The Kier molecular flexibility index (Phi) is 5.56. The third-order valence-corrected chi connectivity index (χ3v) is 6.73. The zero-order valence-corrected chi connectivity index (χ0v) is 17.4. The summed E-state index contributed by atoms with van der Waals surface area (Å²) in [5, 5.41) is 8.59. The Morgan fingerprint density at radius 1 is 0.968 bits per heavy atom. The minimum Gasteiger partial charge on any atom is -0.337 e. The fraction of sp³-hybridized carbons (Fsp3) is 0.263. The molecule has 3 heterocycles. The van der Waals surface area contributed by atoms with Gasteiger partial charge in [-0.1, -0.05) is 23.7 Å². The normalized spacial score (nSPS) is 16.3. The Morgan fingerprint density at radius 2 is 1.65 bits per heavy atom. The Balaban J connectivity index is 1.79. The summed E-state index contributed by atoms with van der Waals surface area (Å²) in [5.41, 5.74) is 0.628. The molecule has 0 radical (unpaired) electrons. The van der Waals surface area contributed by atoms with E-state index in [1.807, 2.05) is 0 Å². The Morgan fingerprint density at radius 3 is 2.26 bits per heavy atom. The summed E-state index contributed by atoms with van der Waals surface area (Å²) in [7, 11) is -3.10. The molecule has 162 valence electrons.